The van der Waals surface area contributed by atoms with Crippen LogP contribution in [0.1, 0.15) is 76.8 Å². The van der Waals surface area contributed by atoms with E-state index >= 15 is 0 Å². The summed E-state index contributed by atoms with van der Waals surface area (Å²) in [6.45, 7) is 7.31. The SMILES string of the molecule is CCc1ccncc1C1=CC=C2C3CCC4CC(O)CC[C@]4(C)C3CC[C@]12C. The van der Waals surface area contributed by atoms with Crippen LogP contribution < -0.4 is 0 Å². The smallest absolute Gasteiger partial charge is 0.0543 e. The van der Waals surface area contributed by atoms with E-state index in [2.05, 4.69) is 50.2 Å². The lowest BCUT2D eigenvalue weighted by molar-refractivity contribution is -0.0784. The molecule has 0 spiro atoms. The van der Waals surface area contributed by atoms with E-state index in [1.54, 1.807) is 5.57 Å². The van der Waals surface area contributed by atoms with Crippen LogP contribution in [0.15, 0.2) is 36.2 Å². The number of pyridine rings is 1. The summed E-state index contributed by atoms with van der Waals surface area (Å²) in [5.41, 5.74) is 6.63. The Morgan fingerprint density at radius 3 is 2.79 bits per heavy atom. The molecule has 0 aromatic carbocycles. The summed E-state index contributed by atoms with van der Waals surface area (Å²) in [6, 6.07) is 2.20. The lowest BCUT2D eigenvalue weighted by Gasteiger charge is -2.59. The van der Waals surface area contributed by atoms with Crippen LogP contribution in [0.5, 0.6) is 0 Å². The van der Waals surface area contributed by atoms with Crippen LogP contribution in [-0.2, 0) is 6.42 Å². The molecule has 2 heteroatoms. The summed E-state index contributed by atoms with van der Waals surface area (Å²) in [7, 11) is 0. The molecule has 4 unspecified atom stereocenters. The van der Waals surface area contributed by atoms with Crippen molar-refractivity contribution in [2.45, 2.75) is 78.2 Å². The number of allylic oxidation sites excluding steroid dienone is 4. The molecule has 0 radical (unpaired) electrons. The van der Waals surface area contributed by atoms with E-state index in [1.807, 2.05) is 6.20 Å². The maximum absolute atomic E-state index is 10.2. The van der Waals surface area contributed by atoms with Crippen molar-refractivity contribution in [2.75, 3.05) is 0 Å². The van der Waals surface area contributed by atoms with Crippen molar-refractivity contribution in [3.05, 3.63) is 47.3 Å². The van der Waals surface area contributed by atoms with Gasteiger partial charge in [-0.3, -0.25) is 4.98 Å². The van der Waals surface area contributed by atoms with E-state index < -0.39 is 0 Å². The summed E-state index contributed by atoms with van der Waals surface area (Å²) in [4.78, 5) is 4.47. The standard InChI is InChI=1S/C26H35NO/c1-4-17-11-14-27-16-21(17)23-8-7-22-20-6-5-18-15-19(28)9-12-25(18,2)24(20)10-13-26(22,23)3/h7-8,11,14,16,18-20,24,28H,4-6,9-10,12-13,15H2,1-3H3/t18?,19?,20?,24?,25-,26-/m0/s1. The number of fused-ring (bicyclic) bond motifs is 5. The number of aliphatic hydroxyl groups is 1. The fourth-order valence-corrected chi connectivity index (χ4v) is 7.59. The van der Waals surface area contributed by atoms with Crippen molar-refractivity contribution in [1.29, 1.82) is 0 Å². The van der Waals surface area contributed by atoms with Crippen LogP contribution in [0.2, 0.25) is 0 Å². The Bertz CT molecular complexity index is 839. The topological polar surface area (TPSA) is 33.1 Å². The molecular weight excluding hydrogens is 342 g/mol. The van der Waals surface area contributed by atoms with Crippen LogP contribution in [0.25, 0.3) is 5.57 Å². The lowest BCUT2D eigenvalue weighted by Crippen LogP contribution is -2.51. The number of hydrogen-bond donors (Lipinski definition) is 1. The number of aliphatic hydroxyl groups excluding tert-OH is 1. The Morgan fingerprint density at radius 2 is 1.96 bits per heavy atom. The second kappa shape index (κ2) is 6.55. The molecule has 1 N–H and O–H groups in total. The molecule has 4 aliphatic rings. The van der Waals surface area contributed by atoms with Crippen molar-refractivity contribution >= 4 is 5.57 Å². The van der Waals surface area contributed by atoms with Gasteiger partial charge in [0.15, 0.2) is 0 Å². The highest BCUT2D eigenvalue weighted by Crippen LogP contribution is 2.66. The van der Waals surface area contributed by atoms with Gasteiger partial charge in [0.2, 0.25) is 0 Å². The molecule has 28 heavy (non-hydrogen) atoms. The second-order valence-corrected chi connectivity index (χ2v) is 10.4. The fraction of sp³-hybridized carbons (Fsp3) is 0.654. The van der Waals surface area contributed by atoms with Gasteiger partial charge in [-0.25, -0.2) is 0 Å². The average molecular weight is 378 g/mol. The van der Waals surface area contributed by atoms with E-state index in [0.29, 0.717) is 5.41 Å². The van der Waals surface area contributed by atoms with Crippen LogP contribution in [0.4, 0.5) is 0 Å². The third-order valence-corrected chi connectivity index (χ3v) is 9.26. The van der Waals surface area contributed by atoms with Gasteiger partial charge in [-0.15, -0.1) is 0 Å². The van der Waals surface area contributed by atoms with Crippen LogP contribution in [-0.4, -0.2) is 16.2 Å². The van der Waals surface area contributed by atoms with Gasteiger partial charge in [-0.05, 0) is 91.7 Å². The minimum atomic E-state index is -0.0551. The molecule has 150 valence electrons. The minimum Gasteiger partial charge on any atom is -0.393 e. The molecule has 2 nitrogen and oxygen atoms in total. The molecule has 5 rings (SSSR count). The number of hydrogen-bond acceptors (Lipinski definition) is 2. The molecule has 0 amide bonds. The minimum absolute atomic E-state index is 0.0551. The Morgan fingerprint density at radius 1 is 1.11 bits per heavy atom. The highest BCUT2D eigenvalue weighted by atomic mass is 16.3. The Kier molecular flexibility index (Phi) is 4.36. The highest BCUT2D eigenvalue weighted by molar-refractivity contribution is 5.79. The van der Waals surface area contributed by atoms with E-state index in [-0.39, 0.29) is 11.5 Å². The predicted molar refractivity (Wildman–Crippen MR) is 115 cm³/mol. The zero-order valence-electron chi connectivity index (χ0n) is 17.7. The largest absolute Gasteiger partial charge is 0.393 e. The summed E-state index contributed by atoms with van der Waals surface area (Å²) in [5.74, 6) is 2.25. The van der Waals surface area contributed by atoms with E-state index in [1.165, 1.54) is 48.8 Å². The molecule has 0 saturated heterocycles. The zero-order chi connectivity index (χ0) is 19.5. The van der Waals surface area contributed by atoms with Crippen molar-refractivity contribution < 1.29 is 5.11 Å². The van der Waals surface area contributed by atoms with Gasteiger partial charge >= 0.3 is 0 Å². The van der Waals surface area contributed by atoms with Crippen molar-refractivity contribution in [3.63, 3.8) is 0 Å². The first-order valence-corrected chi connectivity index (χ1v) is 11.5. The Hall–Kier alpha value is -1.41. The maximum Gasteiger partial charge on any atom is 0.0543 e. The van der Waals surface area contributed by atoms with Crippen molar-refractivity contribution in [2.24, 2.45) is 28.6 Å². The number of aromatic nitrogens is 1. The molecule has 1 aromatic heterocycles. The first-order chi connectivity index (χ1) is 13.5. The molecule has 3 saturated carbocycles. The van der Waals surface area contributed by atoms with E-state index in [4.69, 9.17) is 0 Å². The monoisotopic (exact) mass is 377 g/mol. The number of rotatable bonds is 2. The van der Waals surface area contributed by atoms with Crippen molar-refractivity contribution in [1.82, 2.24) is 4.98 Å². The third kappa shape index (κ3) is 2.53. The molecular formula is C26H35NO. The Balaban J connectivity index is 1.47. The quantitative estimate of drug-likeness (QED) is 0.689. The number of aryl methyl sites for hydroxylation is 1. The predicted octanol–water partition coefficient (Wildman–Crippen LogP) is 5.96. The summed E-state index contributed by atoms with van der Waals surface area (Å²) < 4.78 is 0. The summed E-state index contributed by atoms with van der Waals surface area (Å²) >= 11 is 0. The normalized spacial score (nSPS) is 42.1. The zero-order valence-corrected chi connectivity index (χ0v) is 17.7. The van der Waals surface area contributed by atoms with Gasteiger partial charge in [-0.2, -0.15) is 0 Å². The molecule has 1 heterocycles. The molecule has 6 atom stereocenters. The average Bonchev–Trinajstić information content (AvgIpc) is 3.05. The van der Waals surface area contributed by atoms with Gasteiger partial charge in [0, 0.05) is 23.4 Å². The summed E-state index contributed by atoms with van der Waals surface area (Å²) in [6.07, 6.45) is 18.4. The van der Waals surface area contributed by atoms with E-state index in [0.717, 1.165) is 37.0 Å². The van der Waals surface area contributed by atoms with Crippen LogP contribution in [0.3, 0.4) is 0 Å². The van der Waals surface area contributed by atoms with Gasteiger partial charge in [0.1, 0.15) is 0 Å². The van der Waals surface area contributed by atoms with Crippen LogP contribution >= 0.6 is 0 Å². The lowest BCUT2D eigenvalue weighted by atomic mass is 9.46. The molecule has 0 bridgehead atoms. The Labute approximate surface area is 170 Å². The first-order valence-electron chi connectivity index (χ1n) is 11.5. The highest BCUT2D eigenvalue weighted by Gasteiger charge is 2.56. The molecule has 3 fully saturated rings. The van der Waals surface area contributed by atoms with E-state index in [9.17, 15) is 5.11 Å². The molecule has 0 aliphatic heterocycles. The third-order valence-electron chi connectivity index (χ3n) is 9.26. The second-order valence-electron chi connectivity index (χ2n) is 10.4. The molecule has 4 aliphatic carbocycles. The number of nitrogens with zero attached hydrogens (tertiary/aromatic N) is 1. The van der Waals surface area contributed by atoms with Gasteiger partial charge in [0.05, 0.1) is 6.10 Å². The first kappa shape index (κ1) is 18.6. The van der Waals surface area contributed by atoms with Gasteiger partial charge < -0.3 is 5.11 Å². The fourth-order valence-electron chi connectivity index (χ4n) is 7.59. The van der Waals surface area contributed by atoms with Gasteiger partial charge in [0.25, 0.3) is 0 Å². The molecule has 1 aromatic rings. The maximum atomic E-state index is 10.2. The summed E-state index contributed by atoms with van der Waals surface area (Å²) in [5, 5.41) is 10.2. The van der Waals surface area contributed by atoms with Crippen LogP contribution in [0, 0.1) is 28.6 Å². The van der Waals surface area contributed by atoms with Crippen molar-refractivity contribution in [3.8, 4) is 0 Å². The van der Waals surface area contributed by atoms with Gasteiger partial charge in [-0.1, -0.05) is 38.5 Å².